The third-order valence-electron chi connectivity index (χ3n) is 3.69. The van der Waals surface area contributed by atoms with Crippen LogP contribution in [0.25, 0.3) is 23.6 Å². The number of aromatic amines is 1. The number of halogens is 1. The Kier molecular flexibility index (Phi) is 5.11. The molecule has 4 aromatic rings. The number of hydrogen-bond donors (Lipinski definition) is 1. The summed E-state index contributed by atoms with van der Waals surface area (Å²) in [5.41, 5.74) is 2.44. The van der Waals surface area contributed by atoms with Crippen molar-refractivity contribution in [2.75, 3.05) is 0 Å². The van der Waals surface area contributed by atoms with Gasteiger partial charge in [0, 0.05) is 11.3 Å². The Bertz CT molecular complexity index is 1060. The summed E-state index contributed by atoms with van der Waals surface area (Å²) in [4.78, 5) is 8.80. The van der Waals surface area contributed by atoms with Crippen LogP contribution in [-0.2, 0) is 5.75 Å². The van der Waals surface area contributed by atoms with E-state index < -0.39 is 0 Å². The standard InChI is InChI=1S/C20H15FN4OS/c21-16-8-4-7-15(11-16)19-22-17(12-26-19)13-27-20-23-18(24-25-20)10-9-14-5-2-1-3-6-14/h1-12H,13H2,(H,23,24,25)/b10-9+. The molecular weight excluding hydrogens is 363 g/mol. The fourth-order valence-corrected chi connectivity index (χ4v) is 3.09. The second-order valence-corrected chi connectivity index (χ2v) is 6.63. The molecule has 4 rings (SSSR count). The first-order valence-electron chi connectivity index (χ1n) is 8.25. The molecule has 7 heteroatoms. The maximum Gasteiger partial charge on any atom is 0.226 e. The van der Waals surface area contributed by atoms with Crippen LogP contribution in [-0.4, -0.2) is 20.2 Å². The van der Waals surface area contributed by atoms with Crippen LogP contribution in [0.1, 0.15) is 17.1 Å². The highest BCUT2D eigenvalue weighted by atomic mass is 32.2. The number of rotatable bonds is 6. The molecule has 0 unspecified atom stereocenters. The molecule has 0 radical (unpaired) electrons. The van der Waals surface area contributed by atoms with Crippen molar-refractivity contribution in [3.05, 3.63) is 83.8 Å². The lowest BCUT2D eigenvalue weighted by Gasteiger charge is -1.94. The third kappa shape index (κ3) is 4.51. The first-order valence-corrected chi connectivity index (χ1v) is 9.23. The lowest BCUT2D eigenvalue weighted by molar-refractivity contribution is 0.571. The van der Waals surface area contributed by atoms with Crippen molar-refractivity contribution >= 4 is 23.9 Å². The van der Waals surface area contributed by atoms with E-state index in [1.54, 1.807) is 18.4 Å². The molecule has 134 valence electrons. The van der Waals surface area contributed by atoms with Crippen LogP contribution in [0, 0.1) is 5.82 Å². The van der Waals surface area contributed by atoms with Gasteiger partial charge < -0.3 is 4.42 Å². The normalized spacial score (nSPS) is 11.3. The number of aromatic nitrogens is 4. The van der Waals surface area contributed by atoms with E-state index in [-0.39, 0.29) is 5.82 Å². The summed E-state index contributed by atoms with van der Waals surface area (Å²) in [6, 6.07) is 16.1. The molecule has 0 spiro atoms. The summed E-state index contributed by atoms with van der Waals surface area (Å²) in [5, 5.41) is 7.71. The fraction of sp³-hybridized carbons (Fsp3) is 0.0500. The molecule has 0 saturated carbocycles. The molecule has 2 aromatic carbocycles. The predicted molar refractivity (Wildman–Crippen MR) is 103 cm³/mol. The second-order valence-electron chi connectivity index (χ2n) is 5.69. The first-order chi connectivity index (χ1) is 13.3. The van der Waals surface area contributed by atoms with E-state index >= 15 is 0 Å². The largest absolute Gasteiger partial charge is 0.444 e. The van der Waals surface area contributed by atoms with Crippen LogP contribution in [0.15, 0.2) is 70.4 Å². The van der Waals surface area contributed by atoms with Crippen LogP contribution >= 0.6 is 11.8 Å². The van der Waals surface area contributed by atoms with Crippen molar-refractivity contribution in [1.29, 1.82) is 0 Å². The Balaban J connectivity index is 1.37. The minimum Gasteiger partial charge on any atom is -0.444 e. The van der Waals surface area contributed by atoms with Crippen molar-refractivity contribution in [1.82, 2.24) is 20.2 Å². The van der Waals surface area contributed by atoms with Gasteiger partial charge in [-0.15, -0.1) is 5.10 Å². The highest BCUT2D eigenvalue weighted by molar-refractivity contribution is 7.98. The zero-order valence-electron chi connectivity index (χ0n) is 14.2. The van der Waals surface area contributed by atoms with Gasteiger partial charge in [-0.3, -0.25) is 5.10 Å². The van der Waals surface area contributed by atoms with Gasteiger partial charge in [-0.2, -0.15) is 0 Å². The number of nitrogens with one attached hydrogen (secondary N) is 1. The zero-order valence-corrected chi connectivity index (χ0v) is 15.0. The Labute approximate surface area is 159 Å². The Morgan fingerprint density at radius 3 is 2.78 bits per heavy atom. The van der Waals surface area contributed by atoms with Crippen molar-refractivity contribution in [3.63, 3.8) is 0 Å². The van der Waals surface area contributed by atoms with Gasteiger partial charge >= 0.3 is 0 Å². The SMILES string of the molecule is Fc1cccc(-c2nc(CSc3n[nH]c(/C=C/c4ccccc4)n3)co2)c1. The molecule has 0 bridgehead atoms. The number of oxazole rings is 1. The van der Waals surface area contributed by atoms with Crippen LogP contribution < -0.4 is 0 Å². The minimum atomic E-state index is -0.321. The van der Waals surface area contributed by atoms with Crippen molar-refractivity contribution in [2.45, 2.75) is 10.9 Å². The summed E-state index contributed by atoms with van der Waals surface area (Å²) in [5.74, 6) is 1.31. The van der Waals surface area contributed by atoms with Gasteiger partial charge in [0.1, 0.15) is 17.9 Å². The molecule has 0 atom stereocenters. The topological polar surface area (TPSA) is 67.6 Å². The summed E-state index contributed by atoms with van der Waals surface area (Å²) in [6.45, 7) is 0. The van der Waals surface area contributed by atoms with E-state index in [2.05, 4.69) is 20.2 Å². The van der Waals surface area contributed by atoms with Crippen LogP contribution in [0.2, 0.25) is 0 Å². The lowest BCUT2D eigenvalue weighted by Crippen LogP contribution is -1.84. The minimum absolute atomic E-state index is 0.321. The molecule has 0 aliphatic heterocycles. The van der Waals surface area contributed by atoms with Crippen molar-refractivity contribution < 1.29 is 8.81 Å². The second kappa shape index (κ2) is 8.01. The van der Waals surface area contributed by atoms with Crippen LogP contribution in [0.4, 0.5) is 4.39 Å². The number of hydrogen-bond acceptors (Lipinski definition) is 5. The maximum absolute atomic E-state index is 13.3. The van der Waals surface area contributed by atoms with Gasteiger partial charge in [-0.1, -0.05) is 54.2 Å². The van der Waals surface area contributed by atoms with Crippen LogP contribution in [0.3, 0.4) is 0 Å². The molecule has 2 heterocycles. The molecule has 2 aromatic heterocycles. The monoisotopic (exact) mass is 378 g/mol. The lowest BCUT2D eigenvalue weighted by atomic mass is 10.2. The molecule has 27 heavy (non-hydrogen) atoms. The molecular formula is C20H15FN4OS. The van der Waals surface area contributed by atoms with Gasteiger partial charge in [0.05, 0.1) is 5.69 Å². The van der Waals surface area contributed by atoms with Gasteiger partial charge in [-0.05, 0) is 29.8 Å². The van der Waals surface area contributed by atoms with E-state index in [0.717, 1.165) is 11.3 Å². The number of benzene rings is 2. The molecule has 0 aliphatic carbocycles. The van der Waals surface area contributed by atoms with Crippen molar-refractivity contribution in [3.8, 4) is 11.5 Å². The molecule has 0 fully saturated rings. The quantitative estimate of drug-likeness (QED) is 0.475. The number of H-pyrrole nitrogens is 1. The molecule has 0 saturated heterocycles. The van der Waals surface area contributed by atoms with Gasteiger partial charge in [0.15, 0.2) is 0 Å². The average Bonchev–Trinajstić information content (AvgIpc) is 3.35. The van der Waals surface area contributed by atoms with Crippen LogP contribution in [0.5, 0.6) is 0 Å². The molecule has 1 N–H and O–H groups in total. The molecule has 5 nitrogen and oxygen atoms in total. The molecule has 0 amide bonds. The smallest absolute Gasteiger partial charge is 0.226 e. The highest BCUT2D eigenvalue weighted by Gasteiger charge is 2.09. The Hall–Kier alpha value is -3.19. The van der Waals surface area contributed by atoms with E-state index in [4.69, 9.17) is 4.42 Å². The Morgan fingerprint density at radius 2 is 1.93 bits per heavy atom. The number of thioether (sulfide) groups is 1. The van der Waals surface area contributed by atoms with E-state index in [0.29, 0.717) is 28.2 Å². The number of nitrogens with zero attached hydrogens (tertiary/aromatic N) is 3. The third-order valence-corrected chi connectivity index (χ3v) is 4.57. The van der Waals surface area contributed by atoms with Crippen molar-refractivity contribution in [2.24, 2.45) is 0 Å². The predicted octanol–water partition coefficient (Wildman–Crippen LogP) is 5.06. The van der Waals surface area contributed by atoms with Gasteiger partial charge in [-0.25, -0.2) is 14.4 Å². The highest BCUT2D eigenvalue weighted by Crippen LogP contribution is 2.23. The average molecular weight is 378 g/mol. The Morgan fingerprint density at radius 1 is 1.04 bits per heavy atom. The maximum atomic E-state index is 13.3. The van der Waals surface area contributed by atoms with Gasteiger partial charge in [0.2, 0.25) is 11.0 Å². The summed E-state index contributed by atoms with van der Waals surface area (Å²) < 4.78 is 18.7. The molecule has 0 aliphatic rings. The summed E-state index contributed by atoms with van der Waals surface area (Å²) in [7, 11) is 0. The fourth-order valence-electron chi connectivity index (χ4n) is 2.40. The zero-order chi connectivity index (χ0) is 18.5. The first kappa shape index (κ1) is 17.2. The van der Waals surface area contributed by atoms with E-state index in [1.165, 1.54) is 23.9 Å². The van der Waals surface area contributed by atoms with E-state index in [1.807, 2.05) is 42.5 Å². The van der Waals surface area contributed by atoms with Gasteiger partial charge in [0.25, 0.3) is 0 Å². The summed E-state index contributed by atoms with van der Waals surface area (Å²) >= 11 is 1.44. The van der Waals surface area contributed by atoms with E-state index in [9.17, 15) is 4.39 Å². The summed E-state index contributed by atoms with van der Waals surface area (Å²) in [6.07, 6.45) is 5.42.